The summed E-state index contributed by atoms with van der Waals surface area (Å²) in [6.07, 6.45) is 2.44. The van der Waals surface area contributed by atoms with E-state index < -0.39 is 10.0 Å². The van der Waals surface area contributed by atoms with Crippen LogP contribution in [0.15, 0.2) is 70.6 Å². The zero-order chi connectivity index (χ0) is 22.3. The maximum atomic E-state index is 12.6. The van der Waals surface area contributed by atoms with Gasteiger partial charge >= 0.3 is 0 Å². The average molecular weight is 445 g/mol. The number of ether oxygens (including phenoxy) is 2. The van der Waals surface area contributed by atoms with E-state index in [1.807, 2.05) is 24.3 Å². The molecule has 0 radical (unpaired) electrons. The first-order valence-electron chi connectivity index (χ1n) is 10.7. The van der Waals surface area contributed by atoms with Gasteiger partial charge in [0.05, 0.1) is 11.5 Å². The lowest BCUT2D eigenvalue weighted by Crippen LogP contribution is -2.28. The fraction of sp³-hybridized carbons (Fsp3) is 0.458. The summed E-state index contributed by atoms with van der Waals surface area (Å²) in [6, 6.07) is 18.6. The fourth-order valence-corrected chi connectivity index (χ4v) is 4.97. The lowest BCUT2D eigenvalue weighted by Gasteiger charge is -2.19. The highest BCUT2D eigenvalue weighted by atomic mass is 32.2. The van der Waals surface area contributed by atoms with Crippen molar-refractivity contribution in [3.05, 3.63) is 66.2 Å². The minimum atomic E-state index is -3.44. The van der Waals surface area contributed by atoms with Crippen LogP contribution in [0.2, 0.25) is 0 Å². The standard InChI is InChI=1S/C24H32N2O4S/c1-19(12-10-11-17-26(2)31(27,28)21-15-8-5-9-16-21)24-25-22(18-29-3)23(30-24)20-13-6-4-7-14-20/h4-9,13-16,19,22-23H,10-12,17-18H2,1-3H3/t19-,22+,23+/m1/s1. The van der Waals surface area contributed by atoms with E-state index in [-0.39, 0.29) is 18.1 Å². The Balaban J connectivity index is 1.50. The van der Waals surface area contributed by atoms with Gasteiger partial charge in [-0.3, -0.25) is 0 Å². The number of nitrogens with zero attached hydrogens (tertiary/aromatic N) is 2. The zero-order valence-corrected chi connectivity index (χ0v) is 19.3. The van der Waals surface area contributed by atoms with Crippen LogP contribution in [-0.4, -0.2) is 52.0 Å². The molecule has 0 N–H and O–H groups in total. The molecule has 0 unspecified atom stereocenters. The molecular weight excluding hydrogens is 412 g/mol. The number of rotatable bonds is 11. The molecule has 2 aromatic carbocycles. The van der Waals surface area contributed by atoms with Gasteiger partial charge in [-0.05, 0) is 30.5 Å². The van der Waals surface area contributed by atoms with Gasteiger partial charge < -0.3 is 9.47 Å². The van der Waals surface area contributed by atoms with Crippen LogP contribution in [-0.2, 0) is 19.5 Å². The maximum absolute atomic E-state index is 12.6. The maximum Gasteiger partial charge on any atom is 0.242 e. The van der Waals surface area contributed by atoms with Gasteiger partial charge in [-0.25, -0.2) is 17.7 Å². The second-order valence-corrected chi connectivity index (χ2v) is 10.0. The topological polar surface area (TPSA) is 68.2 Å². The lowest BCUT2D eigenvalue weighted by molar-refractivity contribution is 0.117. The molecule has 1 aliphatic heterocycles. The molecular formula is C24H32N2O4S. The summed E-state index contributed by atoms with van der Waals surface area (Å²) in [4.78, 5) is 5.12. The van der Waals surface area contributed by atoms with E-state index in [0.29, 0.717) is 18.0 Å². The molecule has 168 valence electrons. The van der Waals surface area contributed by atoms with Crippen LogP contribution in [0, 0.1) is 5.92 Å². The third kappa shape index (κ3) is 5.93. The van der Waals surface area contributed by atoms with Crippen molar-refractivity contribution in [2.75, 3.05) is 27.3 Å². The largest absolute Gasteiger partial charge is 0.470 e. The van der Waals surface area contributed by atoms with E-state index >= 15 is 0 Å². The third-order valence-corrected chi connectivity index (χ3v) is 7.46. The highest BCUT2D eigenvalue weighted by Gasteiger charge is 2.34. The molecule has 0 saturated heterocycles. The van der Waals surface area contributed by atoms with E-state index in [4.69, 9.17) is 14.5 Å². The van der Waals surface area contributed by atoms with Crippen molar-refractivity contribution < 1.29 is 17.9 Å². The van der Waals surface area contributed by atoms with Crippen molar-refractivity contribution in [3.8, 4) is 0 Å². The first kappa shape index (κ1) is 23.4. The van der Waals surface area contributed by atoms with Gasteiger partial charge in [0, 0.05) is 26.6 Å². The first-order chi connectivity index (χ1) is 14.9. The van der Waals surface area contributed by atoms with E-state index in [2.05, 4.69) is 19.1 Å². The average Bonchev–Trinajstić information content (AvgIpc) is 3.22. The Hall–Kier alpha value is -2.22. The van der Waals surface area contributed by atoms with E-state index in [1.165, 1.54) is 4.31 Å². The van der Waals surface area contributed by atoms with Gasteiger partial charge in [0.1, 0.15) is 12.1 Å². The van der Waals surface area contributed by atoms with Gasteiger partial charge in [-0.2, -0.15) is 0 Å². The SMILES string of the molecule is COC[C@@H]1N=C([C@H](C)CCCCN(C)S(=O)(=O)c2ccccc2)O[C@H]1c1ccccc1. The normalized spacial score (nSPS) is 19.8. The van der Waals surface area contributed by atoms with Crippen LogP contribution in [0.3, 0.4) is 0 Å². The molecule has 1 aliphatic rings. The molecule has 7 heteroatoms. The molecule has 0 saturated carbocycles. The Morgan fingerprint density at radius 2 is 1.71 bits per heavy atom. The molecule has 0 aliphatic carbocycles. The second kappa shape index (κ2) is 10.9. The number of benzene rings is 2. The van der Waals surface area contributed by atoms with E-state index in [9.17, 15) is 8.42 Å². The monoisotopic (exact) mass is 444 g/mol. The van der Waals surface area contributed by atoms with Crippen molar-refractivity contribution in [1.82, 2.24) is 4.31 Å². The molecule has 1 heterocycles. The van der Waals surface area contributed by atoms with Crippen molar-refractivity contribution in [2.24, 2.45) is 10.9 Å². The smallest absolute Gasteiger partial charge is 0.242 e. The number of unbranched alkanes of at least 4 members (excludes halogenated alkanes) is 1. The lowest BCUT2D eigenvalue weighted by atomic mass is 10.0. The van der Waals surface area contributed by atoms with E-state index in [0.717, 1.165) is 30.7 Å². The van der Waals surface area contributed by atoms with Gasteiger partial charge in [-0.1, -0.05) is 61.9 Å². The summed E-state index contributed by atoms with van der Waals surface area (Å²) in [7, 11) is -0.122. The highest BCUT2D eigenvalue weighted by molar-refractivity contribution is 7.89. The summed E-state index contributed by atoms with van der Waals surface area (Å²) < 4.78 is 38.2. The minimum absolute atomic E-state index is 0.0491. The Kier molecular flexibility index (Phi) is 8.23. The number of aliphatic imine (C=N–C) groups is 1. The number of hydrogen-bond acceptors (Lipinski definition) is 5. The van der Waals surface area contributed by atoms with Gasteiger partial charge in [-0.15, -0.1) is 0 Å². The van der Waals surface area contributed by atoms with Crippen LogP contribution in [0.25, 0.3) is 0 Å². The number of sulfonamides is 1. The summed E-state index contributed by atoms with van der Waals surface area (Å²) in [5, 5.41) is 0. The molecule has 31 heavy (non-hydrogen) atoms. The van der Waals surface area contributed by atoms with Crippen molar-refractivity contribution in [2.45, 2.75) is 43.2 Å². The summed E-state index contributed by atoms with van der Waals surface area (Å²) >= 11 is 0. The Morgan fingerprint density at radius 1 is 1.06 bits per heavy atom. The van der Waals surface area contributed by atoms with Crippen LogP contribution in [0.4, 0.5) is 0 Å². The zero-order valence-electron chi connectivity index (χ0n) is 18.5. The molecule has 6 nitrogen and oxygen atoms in total. The molecule has 0 spiro atoms. The summed E-state index contributed by atoms with van der Waals surface area (Å²) in [5.74, 6) is 0.935. The Morgan fingerprint density at radius 3 is 2.35 bits per heavy atom. The van der Waals surface area contributed by atoms with Crippen molar-refractivity contribution >= 4 is 15.9 Å². The van der Waals surface area contributed by atoms with Gasteiger partial charge in [0.2, 0.25) is 10.0 Å². The molecule has 0 amide bonds. The molecule has 2 aromatic rings. The number of methoxy groups -OCH3 is 1. The van der Waals surface area contributed by atoms with Crippen LogP contribution >= 0.6 is 0 Å². The van der Waals surface area contributed by atoms with Gasteiger partial charge in [0.15, 0.2) is 5.90 Å². The Labute approximate surface area is 186 Å². The van der Waals surface area contributed by atoms with Gasteiger partial charge in [0.25, 0.3) is 0 Å². The quantitative estimate of drug-likeness (QED) is 0.485. The predicted molar refractivity (Wildman–Crippen MR) is 123 cm³/mol. The van der Waals surface area contributed by atoms with Crippen molar-refractivity contribution in [3.63, 3.8) is 0 Å². The fourth-order valence-electron chi connectivity index (χ4n) is 3.74. The number of hydrogen-bond donors (Lipinski definition) is 0. The first-order valence-corrected chi connectivity index (χ1v) is 12.2. The van der Waals surface area contributed by atoms with Crippen LogP contribution < -0.4 is 0 Å². The molecule has 0 aromatic heterocycles. The third-order valence-electron chi connectivity index (χ3n) is 5.59. The molecule has 3 rings (SSSR count). The highest BCUT2D eigenvalue weighted by Crippen LogP contribution is 2.32. The summed E-state index contributed by atoms with van der Waals surface area (Å²) in [5.41, 5.74) is 1.10. The van der Waals surface area contributed by atoms with E-state index in [1.54, 1.807) is 38.4 Å². The molecule has 0 bridgehead atoms. The second-order valence-electron chi connectivity index (χ2n) is 7.98. The molecule has 3 atom stereocenters. The summed E-state index contributed by atoms with van der Waals surface area (Å²) in [6.45, 7) is 3.11. The Bertz CT molecular complexity index is 948. The van der Waals surface area contributed by atoms with Crippen molar-refractivity contribution in [1.29, 1.82) is 0 Å². The minimum Gasteiger partial charge on any atom is -0.470 e. The van der Waals surface area contributed by atoms with Crippen LogP contribution in [0.5, 0.6) is 0 Å². The molecule has 0 fully saturated rings. The van der Waals surface area contributed by atoms with Crippen LogP contribution in [0.1, 0.15) is 37.9 Å². The predicted octanol–water partition coefficient (Wildman–Crippen LogP) is 4.30.